The highest BCUT2D eigenvalue weighted by molar-refractivity contribution is 5.89. The minimum Gasteiger partial charge on any atom is -0.495 e. The lowest BCUT2D eigenvalue weighted by atomic mass is 9.95. The third-order valence-corrected chi connectivity index (χ3v) is 4.83. The number of aryl methyl sites for hydroxylation is 1. The summed E-state index contributed by atoms with van der Waals surface area (Å²) in [6, 6.07) is 10.9. The molecule has 0 saturated heterocycles. The first-order valence-corrected chi connectivity index (χ1v) is 9.55. The van der Waals surface area contributed by atoms with Crippen molar-refractivity contribution in [1.82, 2.24) is 0 Å². The highest BCUT2D eigenvalue weighted by Crippen LogP contribution is 2.30. The molecule has 0 atom stereocenters. The van der Waals surface area contributed by atoms with Gasteiger partial charge in [-0.15, -0.1) is 0 Å². The molecular formula is C23H26N2O4. The Morgan fingerprint density at radius 2 is 1.93 bits per heavy atom. The van der Waals surface area contributed by atoms with Gasteiger partial charge >= 0.3 is 5.63 Å². The molecule has 3 rings (SSSR count). The summed E-state index contributed by atoms with van der Waals surface area (Å²) in [5.41, 5.74) is 4.74. The Bertz CT molecular complexity index is 1120. The van der Waals surface area contributed by atoms with Crippen LogP contribution < -0.4 is 21.0 Å². The number of carbonyl (C=O) groups excluding carboxylic acids is 1. The van der Waals surface area contributed by atoms with Crippen LogP contribution in [0.5, 0.6) is 5.75 Å². The lowest BCUT2D eigenvalue weighted by Crippen LogP contribution is -2.09. The van der Waals surface area contributed by atoms with Gasteiger partial charge in [0.05, 0.1) is 12.8 Å². The maximum Gasteiger partial charge on any atom is 0.336 e. The molecule has 6 heteroatoms. The molecule has 0 aliphatic heterocycles. The van der Waals surface area contributed by atoms with E-state index in [9.17, 15) is 9.59 Å². The molecule has 3 aromatic rings. The molecule has 1 aromatic heterocycles. The number of anilines is 2. The maximum atomic E-state index is 12.1. The highest BCUT2D eigenvalue weighted by Gasteiger charge is 2.12. The van der Waals surface area contributed by atoms with Crippen LogP contribution in [0.25, 0.3) is 11.0 Å². The summed E-state index contributed by atoms with van der Waals surface area (Å²) in [6.07, 6.45) is 0. The van der Waals surface area contributed by atoms with Crippen LogP contribution >= 0.6 is 0 Å². The highest BCUT2D eigenvalue weighted by atomic mass is 16.5. The smallest absolute Gasteiger partial charge is 0.336 e. The zero-order valence-corrected chi connectivity index (χ0v) is 17.4. The summed E-state index contributed by atoms with van der Waals surface area (Å²) < 4.78 is 10.8. The number of amides is 1. The average Bonchev–Trinajstić information content (AvgIpc) is 2.64. The standard InChI is InChI=1S/C23H26N2O4/c1-13(2)18-11-19-16(9-23(27)29-22(19)8-14(18)3)12-24-20-10-17(25-15(4)26)6-7-21(20)28-5/h6-11,13,24H,12H2,1-5H3,(H,25,26). The Hall–Kier alpha value is -3.28. The number of rotatable bonds is 6. The minimum atomic E-state index is -0.384. The van der Waals surface area contributed by atoms with E-state index in [4.69, 9.17) is 9.15 Å². The average molecular weight is 394 g/mol. The Morgan fingerprint density at radius 3 is 2.59 bits per heavy atom. The topological polar surface area (TPSA) is 80.6 Å². The van der Waals surface area contributed by atoms with Crippen LogP contribution in [0.4, 0.5) is 11.4 Å². The molecule has 0 radical (unpaired) electrons. The van der Waals surface area contributed by atoms with Gasteiger partial charge in [0, 0.05) is 30.6 Å². The van der Waals surface area contributed by atoms with Gasteiger partial charge in [0.25, 0.3) is 0 Å². The number of fused-ring (bicyclic) bond motifs is 1. The fourth-order valence-electron chi connectivity index (χ4n) is 3.48. The van der Waals surface area contributed by atoms with E-state index in [1.165, 1.54) is 18.6 Å². The van der Waals surface area contributed by atoms with Crippen molar-refractivity contribution in [2.24, 2.45) is 0 Å². The number of hydrogen-bond donors (Lipinski definition) is 2. The Labute approximate surface area is 169 Å². The first-order valence-electron chi connectivity index (χ1n) is 9.55. The summed E-state index contributed by atoms with van der Waals surface area (Å²) in [6.45, 7) is 8.18. The zero-order valence-electron chi connectivity index (χ0n) is 17.4. The van der Waals surface area contributed by atoms with Gasteiger partial charge in [0.1, 0.15) is 11.3 Å². The van der Waals surface area contributed by atoms with Crippen molar-refractivity contribution < 1.29 is 13.9 Å². The molecule has 0 saturated carbocycles. The van der Waals surface area contributed by atoms with Gasteiger partial charge < -0.3 is 19.8 Å². The largest absolute Gasteiger partial charge is 0.495 e. The van der Waals surface area contributed by atoms with Gasteiger partial charge in [0.2, 0.25) is 5.91 Å². The third kappa shape index (κ3) is 4.59. The van der Waals surface area contributed by atoms with Gasteiger partial charge in [-0.1, -0.05) is 13.8 Å². The van der Waals surface area contributed by atoms with E-state index in [0.717, 1.165) is 22.2 Å². The minimum absolute atomic E-state index is 0.149. The maximum absolute atomic E-state index is 12.1. The van der Waals surface area contributed by atoms with Crippen molar-refractivity contribution in [3.8, 4) is 5.75 Å². The van der Waals surface area contributed by atoms with E-state index < -0.39 is 0 Å². The summed E-state index contributed by atoms with van der Waals surface area (Å²) in [5.74, 6) is 0.857. The zero-order chi connectivity index (χ0) is 21.1. The number of benzene rings is 2. The summed E-state index contributed by atoms with van der Waals surface area (Å²) in [4.78, 5) is 23.4. The normalized spacial score (nSPS) is 11.0. The Balaban J connectivity index is 1.99. The van der Waals surface area contributed by atoms with E-state index in [1.54, 1.807) is 25.3 Å². The van der Waals surface area contributed by atoms with E-state index in [2.05, 4.69) is 30.5 Å². The van der Waals surface area contributed by atoms with Crippen molar-refractivity contribution in [1.29, 1.82) is 0 Å². The fraction of sp³-hybridized carbons (Fsp3) is 0.304. The molecule has 2 aromatic carbocycles. The van der Waals surface area contributed by atoms with Crippen molar-refractivity contribution >= 4 is 28.3 Å². The second-order valence-corrected chi connectivity index (χ2v) is 7.40. The van der Waals surface area contributed by atoms with E-state index in [1.807, 2.05) is 13.0 Å². The van der Waals surface area contributed by atoms with Crippen LogP contribution in [-0.2, 0) is 11.3 Å². The molecular weight excluding hydrogens is 368 g/mol. The van der Waals surface area contributed by atoms with Gasteiger partial charge in [-0.2, -0.15) is 0 Å². The Kier molecular flexibility index (Phi) is 5.92. The molecule has 152 valence electrons. The number of ether oxygens (including phenoxy) is 1. The number of hydrogen-bond acceptors (Lipinski definition) is 5. The molecule has 0 aliphatic carbocycles. The number of nitrogens with one attached hydrogen (secondary N) is 2. The van der Waals surface area contributed by atoms with Crippen LogP contribution in [0.15, 0.2) is 45.6 Å². The number of carbonyl (C=O) groups is 1. The second-order valence-electron chi connectivity index (χ2n) is 7.40. The van der Waals surface area contributed by atoms with Gasteiger partial charge in [-0.3, -0.25) is 4.79 Å². The number of methoxy groups -OCH3 is 1. The first kappa shape index (κ1) is 20.5. The SMILES string of the molecule is COc1ccc(NC(C)=O)cc1NCc1cc(=O)oc2cc(C)c(C(C)C)cc12. The fourth-order valence-corrected chi connectivity index (χ4v) is 3.48. The first-order chi connectivity index (χ1) is 13.8. The van der Waals surface area contributed by atoms with E-state index >= 15 is 0 Å². The molecule has 0 fully saturated rings. The molecule has 0 spiro atoms. The van der Waals surface area contributed by atoms with Crippen molar-refractivity contribution in [2.75, 3.05) is 17.7 Å². The molecule has 0 unspecified atom stereocenters. The molecule has 0 aliphatic rings. The van der Waals surface area contributed by atoms with Crippen LogP contribution in [0.1, 0.15) is 43.4 Å². The molecule has 1 heterocycles. The van der Waals surface area contributed by atoms with Crippen LogP contribution in [0.2, 0.25) is 0 Å². The summed E-state index contributed by atoms with van der Waals surface area (Å²) in [5, 5.41) is 6.99. The molecule has 1 amide bonds. The van der Waals surface area contributed by atoms with Crippen molar-refractivity contribution in [3.05, 3.63) is 63.5 Å². The van der Waals surface area contributed by atoms with Gasteiger partial charge in [-0.25, -0.2) is 4.79 Å². The molecule has 6 nitrogen and oxygen atoms in total. The van der Waals surface area contributed by atoms with Crippen molar-refractivity contribution in [3.63, 3.8) is 0 Å². The quantitative estimate of drug-likeness (QED) is 0.587. The lowest BCUT2D eigenvalue weighted by Gasteiger charge is -2.15. The van der Waals surface area contributed by atoms with Crippen LogP contribution in [0, 0.1) is 6.92 Å². The van der Waals surface area contributed by atoms with Crippen LogP contribution in [0.3, 0.4) is 0 Å². The predicted octanol–water partition coefficient (Wildman–Crippen LogP) is 4.80. The van der Waals surface area contributed by atoms with E-state index in [-0.39, 0.29) is 11.5 Å². The van der Waals surface area contributed by atoms with Crippen molar-refractivity contribution in [2.45, 2.75) is 40.2 Å². The lowest BCUT2D eigenvalue weighted by molar-refractivity contribution is -0.114. The summed E-state index contributed by atoms with van der Waals surface area (Å²) in [7, 11) is 1.59. The molecule has 2 N–H and O–H groups in total. The molecule has 29 heavy (non-hydrogen) atoms. The Morgan fingerprint density at radius 1 is 1.17 bits per heavy atom. The monoisotopic (exact) mass is 394 g/mol. The summed E-state index contributed by atoms with van der Waals surface area (Å²) >= 11 is 0. The molecule has 0 bridgehead atoms. The van der Waals surface area contributed by atoms with Crippen LogP contribution in [-0.4, -0.2) is 13.0 Å². The predicted molar refractivity (Wildman–Crippen MR) is 116 cm³/mol. The van der Waals surface area contributed by atoms with E-state index in [0.29, 0.717) is 29.5 Å². The van der Waals surface area contributed by atoms with Gasteiger partial charge in [-0.05, 0) is 59.9 Å². The van der Waals surface area contributed by atoms with Gasteiger partial charge in [0.15, 0.2) is 0 Å². The third-order valence-electron chi connectivity index (χ3n) is 4.83. The second kappa shape index (κ2) is 8.39.